The molecule has 1 aliphatic heterocycles. The zero-order chi connectivity index (χ0) is 11.8. The van der Waals surface area contributed by atoms with Gasteiger partial charge in [-0.3, -0.25) is 0 Å². The highest BCUT2D eigenvalue weighted by Crippen LogP contribution is 2.37. The van der Waals surface area contributed by atoms with Crippen molar-refractivity contribution in [2.24, 2.45) is 0 Å². The van der Waals surface area contributed by atoms with Crippen LogP contribution in [0.3, 0.4) is 0 Å². The van der Waals surface area contributed by atoms with Gasteiger partial charge in [-0.2, -0.15) is 0 Å². The number of nitrogens with one attached hydrogen (secondary N) is 1. The van der Waals surface area contributed by atoms with Gasteiger partial charge in [0.2, 0.25) is 0 Å². The molecule has 0 unspecified atom stereocenters. The van der Waals surface area contributed by atoms with Crippen LogP contribution in [-0.4, -0.2) is 23.3 Å². The van der Waals surface area contributed by atoms with Gasteiger partial charge in [-0.25, -0.2) is 0 Å². The van der Waals surface area contributed by atoms with Crippen molar-refractivity contribution < 1.29 is 10.2 Å². The Labute approximate surface area is 100 Å². The molecule has 0 saturated heterocycles. The number of benzene rings is 1. The van der Waals surface area contributed by atoms with Gasteiger partial charge < -0.3 is 15.5 Å². The topological polar surface area (TPSA) is 52.5 Å². The molecule has 3 N–H and O–H groups in total. The number of hydrogen-bond acceptors (Lipinski definition) is 3. The van der Waals surface area contributed by atoms with Gasteiger partial charge in [0.05, 0.1) is 0 Å². The second kappa shape index (κ2) is 3.93. The third-order valence-corrected chi connectivity index (χ3v) is 3.53. The molecule has 88 valence electrons. The van der Waals surface area contributed by atoms with Crippen LogP contribution in [0.15, 0.2) is 41.5 Å². The fourth-order valence-corrected chi connectivity index (χ4v) is 2.63. The molecule has 17 heavy (non-hydrogen) atoms. The molecule has 1 aromatic carbocycles. The molecule has 3 heteroatoms. The first-order chi connectivity index (χ1) is 8.25. The monoisotopic (exact) mass is 229 g/mol. The molecule has 1 atom stereocenters. The average Bonchev–Trinajstić information content (AvgIpc) is 2.80. The van der Waals surface area contributed by atoms with E-state index in [1.165, 1.54) is 11.1 Å². The second-order valence-corrected chi connectivity index (χ2v) is 4.60. The Hall–Kier alpha value is -1.74. The van der Waals surface area contributed by atoms with Crippen LogP contribution >= 0.6 is 0 Å². The fourth-order valence-electron chi connectivity index (χ4n) is 2.63. The lowest BCUT2D eigenvalue weighted by Crippen LogP contribution is -2.29. The molecular weight excluding hydrogens is 214 g/mol. The summed E-state index contributed by atoms with van der Waals surface area (Å²) in [4.78, 5) is 0. The van der Waals surface area contributed by atoms with Crippen LogP contribution in [0.5, 0.6) is 11.5 Å². The summed E-state index contributed by atoms with van der Waals surface area (Å²) in [5.74, 6) is 0.176. The summed E-state index contributed by atoms with van der Waals surface area (Å²) in [6, 6.07) is 5.09. The summed E-state index contributed by atoms with van der Waals surface area (Å²) in [5, 5.41) is 22.3. The number of phenols is 2. The van der Waals surface area contributed by atoms with E-state index < -0.39 is 0 Å². The SMILES string of the molecule is Oc1ccc([C@@H]2CNCC3=C2C=CC3)cc1O. The van der Waals surface area contributed by atoms with E-state index in [1.54, 1.807) is 12.1 Å². The van der Waals surface area contributed by atoms with Crippen LogP contribution in [-0.2, 0) is 0 Å². The Balaban J connectivity index is 2.00. The van der Waals surface area contributed by atoms with Gasteiger partial charge in [-0.1, -0.05) is 18.2 Å². The Bertz CT molecular complexity index is 517. The van der Waals surface area contributed by atoms with Crippen molar-refractivity contribution in [3.8, 4) is 11.5 Å². The van der Waals surface area contributed by atoms with Crippen molar-refractivity contribution in [2.75, 3.05) is 13.1 Å². The predicted molar refractivity (Wildman–Crippen MR) is 66.2 cm³/mol. The highest BCUT2D eigenvalue weighted by Gasteiger charge is 2.24. The maximum Gasteiger partial charge on any atom is 0.157 e. The normalized spacial score (nSPS) is 22.9. The summed E-state index contributed by atoms with van der Waals surface area (Å²) in [5.41, 5.74) is 3.86. The lowest BCUT2D eigenvalue weighted by molar-refractivity contribution is 0.402. The summed E-state index contributed by atoms with van der Waals surface area (Å²) >= 11 is 0. The van der Waals surface area contributed by atoms with Crippen molar-refractivity contribution in [1.29, 1.82) is 0 Å². The Morgan fingerprint density at radius 3 is 2.88 bits per heavy atom. The molecule has 1 aliphatic carbocycles. The van der Waals surface area contributed by atoms with E-state index >= 15 is 0 Å². The largest absolute Gasteiger partial charge is 0.504 e. The van der Waals surface area contributed by atoms with Gasteiger partial charge in [0.25, 0.3) is 0 Å². The maximum absolute atomic E-state index is 9.57. The summed E-state index contributed by atoms with van der Waals surface area (Å²) in [6.45, 7) is 1.84. The molecule has 0 radical (unpaired) electrons. The molecule has 3 rings (SSSR count). The van der Waals surface area contributed by atoms with E-state index in [1.807, 2.05) is 6.07 Å². The number of hydrogen-bond donors (Lipinski definition) is 3. The average molecular weight is 229 g/mol. The summed E-state index contributed by atoms with van der Waals surface area (Å²) in [7, 11) is 0. The van der Waals surface area contributed by atoms with Crippen LogP contribution in [0.1, 0.15) is 17.9 Å². The molecule has 3 nitrogen and oxygen atoms in total. The van der Waals surface area contributed by atoms with Crippen molar-refractivity contribution in [3.05, 3.63) is 47.1 Å². The van der Waals surface area contributed by atoms with Crippen LogP contribution in [0, 0.1) is 0 Å². The standard InChI is InChI=1S/C14H15NO2/c16-13-5-4-9(6-14(13)17)12-8-15-7-10-2-1-3-11(10)12/h1,3-6,12,15-17H,2,7-8H2/t12-/m0/s1. The predicted octanol–water partition coefficient (Wildman–Crippen LogP) is 2.04. The minimum Gasteiger partial charge on any atom is -0.504 e. The third-order valence-electron chi connectivity index (χ3n) is 3.53. The quantitative estimate of drug-likeness (QED) is 0.646. The van der Waals surface area contributed by atoms with E-state index in [4.69, 9.17) is 0 Å². The van der Waals surface area contributed by atoms with Crippen molar-refractivity contribution >= 4 is 0 Å². The second-order valence-electron chi connectivity index (χ2n) is 4.60. The van der Waals surface area contributed by atoms with Gasteiger partial charge >= 0.3 is 0 Å². The minimum atomic E-state index is -0.0614. The zero-order valence-corrected chi connectivity index (χ0v) is 9.48. The summed E-state index contributed by atoms with van der Waals surface area (Å²) < 4.78 is 0. The molecule has 0 saturated carbocycles. The molecule has 0 fully saturated rings. The highest BCUT2D eigenvalue weighted by atomic mass is 16.3. The van der Waals surface area contributed by atoms with Crippen LogP contribution in [0.25, 0.3) is 0 Å². The van der Waals surface area contributed by atoms with Crippen molar-refractivity contribution in [1.82, 2.24) is 5.32 Å². The molecule has 0 spiro atoms. The number of aromatic hydroxyl groups is 2. The smallest absolute Gasteiger partial charge is 0.157 e. The minimum absolute atomic E-state index is 0.0443. The van der Waals surface area contributed by atoms with Gasteiger partial charge in [0.15, 0.2) is 11.5 Å². The third kappa shape index (κ3) is 1.72. The van der Waals surface area contributed by atoms with Gasteiger partial charge in [0, 0.05) is 19.0 Å². The highest BCUT2D eigenvalue weighted by molar-refractivity contribution is 5.49. The Morgan fingerprint density at radius 1 is 1.18 bits per heavy atom. The van der Waals surface area contributed by atoms with Crippen molar-refractivity contribution in [3.63, 3.8) is 0 Å². The van der Waals surface area contributed by atoms with Crippen molar-refractivity contribution in [2.45, 2.75) is 12.3 Å². The van der Waals surface area contributed by atoms with Gasteiger partial charge in [-0.05, 0) is 35.3 Å². The van der Waals surface area contributed by atoms with E-state index in [-0.39, 0.29) is 17.4 Å². The molecular formula is C14H15NO2. The van der Waals surface area contributed by atoms with Crippen LogP contribution in [0.4, 0.5) is 0 Å². The first-order valence-electron chi connectivity index (χ1n) is 5.87. The van der Waals surface area contributed by atoms with E-state index in [2.05, 4.69) is 17.5 Å². The Morgan fingerprint density at radius 2 is 2.06 bits per heavy atom. The summed E-state index contributed by atoms with van der Waals surface area (Å²) in [6.07, 6.45) is 5.40. The molecule has 0 aromatic heterocycles. The zero-order valence-electron chi connectivity index (χ0n) is 9.48. The molecule has 1 aromatic rings. The van der Waals surface area contributed by atoms with Crippen LogP contribution < -0.4 is 5.32 Å². The lowest BCUT2D eigenvalue weighted by atomic mass is 9.86. The number of rotatable bonds is 1. The fraction of sp³-hybridized carbons (Fsp3) is 0.286. The number of phenolic OH excluding ortho intramolecular Hbond substituents is 2. The Kier molecular flexibility index (Phi) is 2.41. The van der Waals surface area contributed by atoms with Gasteiger partial charge in [-0.15, -0.1) is 0 Å². The van der Waals surface area contributed by atoms with E-state index in [0.717, 1.165) is 25.1 Å². The van der Waals surface area contributed by atoms with Crippen LogP contribution in [0.2, 0.25) is 0 Å². The van der Waals surface area contributed by atoms with Gasteiger partial charge in [0.1, 0.15) is 0 Å². The molecule has 0 bridgehead atoms. The maximum atomic E-state index is 9.57. The molecule has 2 aliphatic rings. The van der Waals surface area contributed by atoms with E-state index in [0.29, 0.717) is 0 Å². The first kappa shape index (κ1) is 10.4. The lowest BCUT2D eigenvalue weighted by Gasteiger charge is -2.26. The molecule has 1 heterocycles. The first-order valence-corrected chi connectivity index (χ1v) is 5.87. The van der Waals surface area contributed by atoms with E-state index in [9.17, 15) is 10.2 Å². The molecule has 0 amide bonds. The number of allylic oxidation sites excluding steroid dienone is 2.